The lowest BCUT2D eigenvalue weighted by Gasteiger charge is -2.27. The van der Waals surface area contributed by atoms with Crippen LogP contribution in [-0.4, -0.2) is 36.1 Å². The van der Waals surface area contributed by atoms with Gasteiger partial charge in [-0.15, -0.1) is 12.4 Å². The zero-order valence-electron chi connectivity index (χ0n) is 12.1. The molecule has 1 amide bonds. The van der Waals surface area contributed by atoms with E-state index in [9.17, 15) is 18.0 Å². The molecule has 22 heavy (non-hydrogen) atoms. The average molecular weight is 337 g/mol. The predicted molar refractivity (Wildman–Crippen MR) is 80.9 cm³/mol. The smallest absolute Gasteiger partial charge is 0.338 e. The molecule has 1 aliphatic heterocycles. The minimum atomic E-state index is -4.44. The molecule has 7 heteroatoms. The number of amides is 1. The Bertz CT molecular complexity index is 481. The van der Waals surface area contributed by atoms with Gasteiger partial charge >= 0.3 is 6.18 Å². The van der Waals surface area contributed by atoms with E-state index >= 15 is 0 Å². The normalized spacial score (nSPS) is 19.6. The molecule has 1 fully saturated rings. The highest BCUT2D eigenvalue weighted by Crippen LogP contribution is 2.38. The summed E-state index contributed by atoms with van der Waals surface area (Å²) in [5.41, 5.74) is 5.70. The number of nitrogens with two attached hydrogens (primary N) is 1. The number of likely N-dealkylation sites (tertiary alicyclic amines) is 1. The molecule has 0 aromatic heterocycles. The standard InChI is InChI=1S/C15H19F3N2O.ClH/c16-15(17,18)13(11-5-2-1-3-6-11)9-14(21)20-8-4-7-12(20)10-19;/h1-3,5-6,12-13H,4,7-10,19H2;1H. The van der Waals surface area contributed by atoms with Crippen molar-refractivity contribution in [2.45, 2.75) is 37.4 Å². The Kier molecular flexibility index (Phi) is 6.68. The Morgan fingerprint density at radius 1 is 1.32 bits per heavy atom. The Labute approximate surface area is 134 Å². The van der Waals surface area contributed by atoms with Gasteiger partial charge < -0.3 is 10.6 Å². The molecule has 0 spiro atoms. The van der Waals surface area contributed by atoms with Gasteiger partial charge in [0.25, 0.3) is 0 Å². The van der Waals surface area contributed by atoms with Crippen LogP contribution in [0.1, 0.15) is 30.7 Å². The van der Waals surface area contributed by atoms with Gasteiger partial charge in [-0.3, -0.25) is 4.79 Å². The van der Waals surface area contributed by atoms with Gasteiger partial charge in [-0.25, -0.2) is 0 Å². The molecule has 1 aromatic rings. The van der Waals surface area contributed by atoms with E-state index in [1.165, 1.54) is 17.0 Å². The fraction of sp³-hybridized carbons (Fsp3) is 0.533. The van der Waals surface area contributed by atoms with Gasteiger partial charge in [0, 0.05) is 25.6 Å². The second kappa shape index (κ2) is 7.83. The molecular weight excluding hydrogens is 317 g/mol. The summed E-state index contributed by atoms with van der Waals surface area (Å²) in [5.74, 6) is -2.22. The molecule has 1 saturated heterocycles. The molecule has 2 unspecified atom stereocenters. The second-order valence-electron chi connectivity index (χ2n) is 5.33. The molecule has 0 bridgehead atoms. The van der Waals surface area contributed by atoms with E-state index in [0.29, 0.717) is 13.1 Å². The monoisotopic (exact) mass is 336 g/mol. The summed E-state index contributed by atoms with van der Waals surface area (Å²) in [6, 6.07) is 7.46. The lowest BCUT2D eigenvalue weighted by Crippen LogP contribution is -2.41. The minimum Gasteiger partial charge on any atom is -0.338 e. The number of halogens is 4. The van der Waals surface area contributed by atoms with E-state index in [0.717, 1.165) is 12.8 Å². The van der Waals surface area contributed by atoms with E-state index in [2.05, 4.69) is 0 Å². The largest absolute Gasteiger partial charge is 0.396 e. The molecule has 124 valence electrons. The molecule has 3 nitrogen and oxygen atoms in total. The van der Waals surface area contributed by atoms with Gasteiger partial charge in [-0.2, -0.15) is 13.2 Å². The van der Waals surface area contributed by atoms with Crippen LogP contribution >= 0.6 is 12.4 Å². The molecule has 0 aliphatic carbocycles. The summed E-state index contributed by atoms with van der Waals surface area (Å²) in [4.78, 5) is 13.7. The summed E-state index contributed by atoms with van der Waals surface area (Å²) < 4.78 is 39.7. The topological polar surface area (TPSA) is 46.3 Å². The highest BCUT2D eigenvalue weighted by molar-refractivity contribution is 5.85. The third-order valence-corrected chi connectivity index (χ3v) is 3.95. The third kappa shape index (κ3) is 4.36. The van der Waals surface area contributed by atoms with Crippen molar-refractivity contribution in [1.82, 2.24) is 4.90 Å². The van der Waals surface area contributed by atoms with Crippen molar-refractivity contribution in [3.8, 4) is 0 Å². The van der Waals surface area contributed by atoms with Crippen LogP contribution in [0.5, 0.6) is 0 Å². The number of rotatable bonds is 4. The van der Waals surface area contributed by atoms with Crippen molar-refractivity contribution in [3.63, 3.8) is 0 Å². The fourth-order valence-electron chi connectivity index (χ4n) is 2.81. The number of hydrogen-bond donors (Lipinski definition) is 1. The predicted octanol–water partition coefficient (Wildman–Crippen LogP) is 3.09. The van der Waals surface area contributed by atoms with Gasteiger partial charge in [0.05, 0.1) is 5.92 Å². The molecule has 1 aromatic carbocycles. The Balaban J connectivity index is 0.00000242. The highest BCUT2D eigenvalue weighted by atomic mass is 35.5. The zero-order chi connectivity index (χ0) is 15.5. The first-order valence-corrected chi connectivity index (χ1v) is 7.04. The van der Waals surface area contributed by atoms with Gasteiger partial charge in [0.1, 0.15) is 0 Å². The lowest BCUT2D eigenvalue weighted by atomic mass is 9.94. The summed E-state index contributed by atoms with van der Waals surface area (Å²) in [6.45, 7) is 0.799. The molecule has 1 heterocycles. The van der Waals surface area contributed by atoms with Crippen molar-refractivity contribution in [1.29, 1.82) is 0 Å². The zero-order valence-corrected chi connectivity index (χ0v) is 12.9. The summed E-state index contributed by atoms with van der Waals surface area (Å²) >= 11 is 0. The van der Waals surface area contributed by atoms with Crippen LogP contribution in [0.3, 0.4) is 0 Å². The fourth-order valence-corrected chi connectivity index (χ4v) is 2.81. The molecular formula is C15H20ClF3N2O. The number of carbonyl (C=O) groups is 1. The quantitative estimate of drug-likeness (QED) is 0.918. The first-order valence-electron chi connectivity index (χ1n) is 7.04. The number of hydrogen-bond acceptors (Lipinski definition) is 2. The van der Waals surface area contributed by atoms with Crippen molar-refractivity contribution < 1.29 is 18.0 Å². The van der Waals surface area contributed by atoms with Crippen LogP contribution in [0.15, 0.2) is 30.3 Å². The van der Waals surface area contributed by atoms with Crippen molar-refractivity contribution in [2.75, 3.05) is 13.1 Å². The maximum atomic E-state index is 13.2. The second-order valence-corrected chi connectivity index (χ2v) is 5.33. The van der Waals surface area contributed by atoms with Crippen LogP contribution in [-0.2, 0) is 4.79 Å². The van der Waals surface area contributed by atoms with Crippen molar-refractivity contribution >= 4 is 18.3 Å². The first kappa shape index (κ1) is 18.8. The van der Waals surface area contributed by atoms with E-state index in [-0.39, 0.29) is 24.0 Å². The van der Waals surface area contributed by atoms with Crippen LogP contribution in [0, 0.1) is 0 Å². The van der Waals surface area contributed by atoms with Gasteiger partial charge in [0.15, 0.2) is 0 Å². The van der Waals surface area contributed by atoms with Gasteiger partial charge in [0.2, 0.25) is 5.91 Å². The molecule has 0 radical (unpaired) electrons. The van der Waals surface area contributed by atoms with E-state index in [1.807, 2.05) is 0 Å². The van der Waals surface area contributed by atoms with Crippen LogP contribution in [0.25, 0.3) is 0 Å². The lowest BCUT2D eigenvalue weighted by molar-refractivity contribution is -0.160. The SMILES string of the molecule is Cl.NCC1CCCN1C(=O)CC(c1ccccc1)C(F)(F)F. The van der Waals surface area contributed by atoms with E-state index in [4.69, 9.17) is 5.73 Å². The van der Waals surface area contributed by atoms with E-state index in [1.54, 1.807) is 18.2 Å². The Morgan fingerprint density at radius 3 is 2.50 bits per heavy atom. The summed E-state index contributed by atoms with van der Waals surface area (Å²) in [6.07, 6.45) is -3.42. The summed E-state index contributed by atoms with van der Waals surface area (Å²) in [7, 11) is 0. The summed E-state index contributed by atoms with van der Waals surface area (Å²) in [5, 5.41) is 0. The molecule has 2 rings (SSSR count). The molecule has 1 aliphatic rings. The van der Waals surface area contributed by atoms with Crippen molar-refractivity contribution in [3.05, 3.63) is 35.9 Å². The maximum absolute atomic E-state index is 13.2. The Hall–Kier alpha value is -1.27. The van der Waals surface area contributed by atoms with Crippen LogP contribution in [0.4, 0.5) is 13.2 Å². The van der Waals surface area contributed by atoms with E-state index < -0.39 is 24.4 Å². The number of benzene rings is 1. The maximum Gasteiger partial charge on any atom is 0.396 e. The van der Waals surface area contributed by atoms with Crippen molar-refractivity contribution in [2.24, 2.45) is 5.73 Å². The number of carbonyl (C=O) groups excluding carboxylic acids is 1. The molecule has 2 N–H and O–H groups in total. The Morgan fingerprint density at radius 2 is 1.95 bits per heavy atom. The highest BCUT2D eigenvalue weighted by Gasteiger charge is 2.43. The number of alkyl halides is 3. The van der Waals surface area contributed by atoms with Gasteiger partial charge in [-0.05, 0) is 18.4 Å². The number of nitrogens with zero attached hydrogens (tertiary/aromatic N) is 1. The molecule has 2 atom stereocenters. The van der Waals surface area contributed by atoms with Crippen LogP contribution < -0.4 is 5.73 Å². The first-order chi connectivity index (χ1) is 9.93. The molecule has 0 saturated carbocycles. The van der Waals surface area contributed by atoms with Gasteiger partial charge in [-0.1, -0.05) is 30.3 Å². The third-order valence-electron chi connectivity index (χ3n) is 3.95. The van der Waals surface area contributed by atoms with Crippen LogP contribution in [0.2, 0.25) is 0 Å². The minimum absolute atomic E-state index is 0. The average Bonchev–Trinajstić information content (AvgIpc) is 2.92.